The van der Waals surface area contributed by atoms with E-state index < -0.39 is 0 Å². The highest BCUT2D eigenvalue weighted by Gasteiger charge is 2.06. The molecule has 0 radical (unpaired) electrons. The first kappa shape index (κ1) is 11.3. The summed E-state index contributed by atoms with van der Waals surface area (Å²) in [7, 11) is 0. The lowest BCUT2D eigenvalue weighted by Gasteiger charge is -2.04. The number of Topliss-reactive ketones (excluding diaryl/α,β-unsaturated/α-hetero) is 1. The molecule has 2 aromatic rings. The van der Waals surface area contributed by atoms with Crippen molar-refractivity contribution < 1.29 is 9.59 Å². The van der Waals surface area contributed by atoms with Crippen molar-refractivity contribution in [1.29, 1.82) is 0 Å². The van der Waals surface area contributed by atoms with Gasteiger partial charge in [-0.15, -0.1) is 0 Å². The Morgan fingerprint density at radius 2 is 2.12 bits per heavy atom. The summed E-state index contributed by atoms with van der Waals surface area (Å²) < 4.78 is 0. The number of hydrogen-bond donors (Lipinski definition) is 1. The topological polar surface area (TPSA) is 59.1 Å². The number of ketones is 1. The normalized spacial score (nSPS) is 10.2. The molecule has 4 nitrogen and oxygen atoms in total. The van der Waals surface area contributed by atoms with Gasteiger partial charge in [0.2, 0.25) is 0 Å². The summed E-state index contributed by atoms with van der Waals surface area (Å²) in [4.78, 5) is 26.6. The lowest BCUT2D eigenvalue weighted by molar-refractivity contribution is -0.116. The zero-order chi connectivity index (χ0) is 12.3. The fraction of sp³-hybridized carbons (Fsp3) is 0.154. The molecule has 0 bridgehead atoms. The number of benzene rings is 1. The Morgan fingerprint density at radius 3 is 2.88 bits per heavy atom. The molecule has 1 heterocycles. The molecule has 0 aliphatic carbocycles. The molecule has 0 spiro atoms. The predicted molar refractivity (Wildman–Crippen MR) is 64.8 cm³/mol. The Morgan fingerprint density at radius 1 is 1.29 bits per heavy atom. The van der Waals surface area contributed by atoms with Gasteiger partial charge >= 0.3 is 0 Å². The van der Waals surface area contributed by atoms with E-state index in [4.69, 9.17) is 0 Å². The molecule has 0 saturated carbocycles. The highest BCUT2D eigenvalue weighted by molar-refractivity contribution is 5.99. The van der Waals surface area contributed by atoms with Gasteiger partial charge in [-0.1, -0.05) is 6.07 Å². The number of nitrogens with one attached hydrogen (secondary N) is 1. The van der Waals surface area contributed by atoms with Crippen LogP contribution in [0.2, 0.25) is 0 Å². The van der Waals surface area contributed by atoms with E-state index in [9.17, 15) is 9.59 Å². The van der Waals surface area contributed by atoms with E-state index in [1.807, 2.05) is 12.1 Å². The van der Waals surface area contributed by atoms with Crippen LogP contribution in [0.5, 0.6) is 0 Å². The van der Waals surface area contributed by atoms with Crippen LogP contribution in [0.25, 0.3) is 10.9 Å². The molecule has 0 aliphatic heterocycles. The van der Waals surface area contributed by atoms with Crippen LogP contribution in [0.15, 0.2) is 36.5 Å². The van der Waals surface area contributed by atoms with Gasteiger partial charge in [0.1, 0.15) is 5.78 Å². The summed E-state index contributed by atoms with van der Waals surface area (Å²) in [5.74, 6) is -0.313. The van der Waals surface area contributed by atoms with Gasteiger partial charge in [0.05, 0.1) is 12.1 Å². The third kappa shape index (κ3) is 2.66. The largest absolute Gasteiger partial charge is 0.345 e. The van der Waals surface area contributed by atoms with Crippen LogP contribution in [-0.4, -0.2) is 23.2 Å². The predicted octanol–water partition coefficient (Wildman–Crippen LogP) is 1.55. The van der Waals surface area contributed by atoms with E-state index in [1.165, 1.54) is 6.92 Å². The van der Waals surface area contributed by atoms with E-state index in [1.54, 1.807) is 24.4 Å². The monoisotopic (exact) mass is 228 g/mol. The summed E-state index contributed by atoms with van der Waals surface area (Å²) in [6, 6.07) is 8.96. The fourth-order valence-electron chi connectivity index (χ4n) is 1.52. The molecule has 1 N–H and O–H groups in total. The molecule has 4 heteroatoms. The smallest absolute Gasteiger partial charge is 0.251 e. The molecule has 0 aliphatic rings. The van der Waals surface area contributed by atoms with E-state index in [0.29, 0.717) is 5.56 Å². The van der Waals surface area contributed by atoms with Crippen LogP contribution in [0.1, 0.15) is 17.3 Å². The van der Waals surface area contributed by atoms with Crippen LogP contribution in [0.4, 0.5) is 0 Å². The van der Waals surface area contributed by atoms with Crippen molar-refractivity contribution in [1.82, 2.24) is 10.3 Å². The number of carbonyl (C=O) groups excluding carboxylic acids is 2. The summed E-state index contributed by atoms with van der Waals surface area (Å²) in [5, 5.41) is 3.46. The lowest BCUT2D eigenvalue weighted by Crippen LogP contribution is -2.28. The van der Waals surface area contributed by atoms with Crippen LogP contribution < -0.4 is 5.32 Å². The first-order chi connectivity index (χ1) is 8.16. The molecule has 0 atom stereocenters. The van der Waals surface area contributed by atoms with Crippen LogP contribution in [-0.2, 0) is 4.79 Å². The molecule has 0 saturated heterocycles. The van der Waals surface area contributed by atoms with Gasteiger partial charge in [0.25, 0.3) is 5.91 Å². The average Bonchev–Trinajstić information content (AvgIpc) is 2.35. The van der Waals surface area contributed by atoms with E-state index in [2.05, 4.69) is 10.3 Å². The molecule has 1 aromatic heterocycles. The highest BCUT2D eigenvalue weighted by atomic mass is 16.2. The number of fused-ring (bicyclic) bond motifs is 1. The van der Waals surface area contributed by atoms with Crippen molar-refractivity contribution in [3.05, 3.63) is 42.1 Å². The van der Waals surface area contributed by atoms with Crippen molar-refractivity contribution in [2.24, 2.45) is 0 Å². The average molecular weight is 228 g/mol. The lowest BCUT2D eigenvalue weighted by atomic mass is 10.1. The second kappa shape index (κ2) is 4.74. The maximum absolute atomic E-state index is 11.7. The molecule has 86 valence electrons. The number of hydrogen-bond acceptors (Lipinski definition) is 3. The quantitative estimate of drug-likeness (QED) is 0.867. The van der Waals surface area contributed by atoms with Crippen LogP contribution in [0, 0.1) is 0 Å². The Balaban J connectivity index is 2.24. The van der Waals surface area contributed by atoms with Crippen LogP contribution >= 0.6 is 0 Å². The van der Waals surface area contributed by atoms with Crippen LogP contribution in [0.3, 0.4) is 0 Å². The van der Waals surface area contributed by atoms with E-state index >= 15 is 0 Å². The molecule has 0 fully saturated rings. The Kier molecular flexibility index (Phi) is 3.14. The first-order valence-electron chi connectivity index (χ1n) is 5.29. The molecule has 1 amide bonds. The standard InChI is InChI=1S/C13H12N2O2/c1-9(16)8-15-13(17)11-4-5-12-10(7-11)3-2-6-14-12/h2-7H,8H2,1H3,(H,15,17). The molecular weight excluding hydrogens is 216 g/mol. The number of aromatic nitrogens is 1. The van der Waals surface area contributed by atoms with Crippen molar-refractivity contribution in [3.8, 4) is 0 Å². The SMILES string of the molecule is CC(=O)CNC(=O)c1ccc2ncccc2c1. The van der Waals surface area contributed by atoms with Gasteiger partial charge in [-0.2, -0.15) is 0 Å². The van der Waals surface area contributed by atoms with Gasteiger partial charge in [-0.3, -0.25) is 14.6 Å². The van der Waals surface area contributed by atoms with E-state index in [-0.39, 0.29) is 18.2 Å². The zero-order valence-electron chi connectivity index (χ0n) is 9.43. The Bertz CT molecular complexity index is 578. The number of rotatable bonds is 3. The summed E-state index contributed by atoms with van der Waals surface area (Å²) in [5.41, 5.74) is 1.38. The summed E-state index contributed by atoms with van der Waals surface area (Å²) in [6.45, 7) is 1.49. The van der Waals surface area contributed by atoms with Gasteiger partial charge in [0.15, 0.2) is 0 Å². The molecule has 0 unspecified atom stereocenters. The highest BCUT2D eigenvalue weighted by Crippen LogP contribution is 2.13. The molecule has 2 rings (SSSR count). The Hall–Kier alpha value is -2.23. The van der Waals surface area contributed by atoms with Crippen molar-refractivity contribution in [2.45, 2.75) is 6.92 Å². The number of pyridine rings is 1. The van der Waals surface area contributed by atoms with Gasteiger partial charge in [-0.25, -0.2) is 0 Å². The summed E-state index contributed by atoms with van der Waals surface area (Å²) >= 11 is 0. The molecule has 17 heavy (non-hydrogen) atoms. The van der Waals surface area contributed by atoms with Gasteiger partial charge < -0.3 is 5.32 Å². The van der Waals surface area contributed by atoms with Crippen molar-refractivity contribution >= 4 is 22.6 Å². The molecule has 1 aromatic carbocycles. The second-order valence-corrected chi connectivity index (χ2v) is 3.80. The van der Waals surface area contributed by atoms with Crippen molar-refractivity contribution in [3.63, 3.8) is 0 Å². The zero-order valence-corrected chi connectivity index (χ0v) is 9.43. The second-order valence-electron chi connectivity index (χ2n) is 3.80. The fourth-order valence-corrected chi connectivity index (χ4v) is 1.52. The third-order valence-electron chi connectivity index (χ3n) is 2.36. The number of amides is 1. The Labute approximate surface area is 98.7 Å². The van der Waals surface area contributed by atoms with Gasteiger partial charge in [-0.05, 0) is 31.2 Å². The van der Waals surface area contributed by atoms with E-state index in [0.717, 1.165) is 10.9 Å². The number of nitrogens with zero attached hydrogens (tertiary/aromatic N) is 1. The third-order valence-corrected chi connectivity index (χ3v) is 2.36. The first-order valence-corrected chi connectivity index (χ1v) is 5.29. The minimum Gasteiger partial charge on any atom is -0.345 e. The minimum atomic E-state index is -0.244. The number of carbonyl (C=O) groups is 2. The maximum Gasteiger partial charge on any atom is 0.251 e. The molecular formula is C13H12N2O2. The maximum atomic E-state index is 11.7. The van der Waals surface area contributed by atoms with Crippen molar-refractivity contribution in [2.75, 3.05) is 6.54 Å². The minimum absolute atomic E-state index is 0.0594. The van der Waals surface area contributed by atoms with Gasteiger partial charge in [0, 0.05) is 17.1 Å². The summed E-state index contributed by atoms with van der Waals surface area (Å²) in [6.07, 6.45) is 1.71.